The van der Waals surface area contributed by atoms with Crippen LogP contribution >= 0.6 is 7.51 Å². The van der Waals surface area contributed by atoms with Crippen LogP contribution in [-0.2, 0) is 9.57 Å². The zero-order chi connectivity index (χ0) is 13.5. The first-order valence-corrected chi connectivity index (χ1v) is 7.42. The fraction of sp³-hybridized carbons (Fsp3) is 1.00. The lowest BCUT2D eigenvalue weighted by Gasteiger charge is -2.41. The van der Waals surface area contributed by atoms with E-state index in [0.29, 0.717) is 19.9 Å². The molecule has 0 radical (unpaired) electrons. The first-order valence-electron chi connectivity index (χ1n) is 5.82. The van der Waals surface area contributed by atoms with E-state index >= 15 is 0 Å². The van der Waals surface area contributed by atoms with Crippen LogP contribution in [0.15, 0.2) is 4.91 Å². The van der Waals surface area contributed by atoms with Crippen LogP contribution in [0.1, 0.15) is 13.8 Å². The fourth-order valence-corrected chi connectivity index (χ4v) is 4.47. The fourth-order valence-electron chi connectivity index (χ4n) is 1.61. The minimum absolute atomic E-state index is 0.539. The zero-order valence-electron chi connectivity index (χ0n) is 12.2. The molecule has 0 aromatic rings. The lowest BCUT2D eigenvalue weighted by molar-refractivity contribution is 0.0829. The summed E-state index contributed by atoms with van der Waals surface area (Å²) in [6, 6.07) is 0. The predicted octanol–water partition coefficient (Wildman–Crippen LogP) is 1.93. The molecule has 0 amide bonds. The summed E-state index contributed by atoms with van der Waals surface area (Å²) in [5.41, 5.74) is 0. The quantitative estimate of drug-likeness (QED) is 0.381. The maximum Gasteiger partial charge on any atom is 0.199 e. The molecule has 0 spiro atoms. The van der Waals surface area contributed by atoms with Gasteiger partial charge < -0.3 is 4.74 Å². The van der Waals surface area contributed by atoms with Crippen LogP contribution < -0.4 is 0 Å². The average molecular weight is 266 g/mol. The van der Waals surface area contributed by atoms with Gasteiger partial charge in [0, 0.05) is 6.61 Å². The summed E-state index contributed by atoms with van der Waals surface area (Å²) in [4.78, 5) is 9.75. The summed E-state index contributed by atoms with van der Waals surface area (Å²) < 4.78 is 11.8. The number of ether oxygens (including phenoxy) is 1. The molecule has 0 aliphatic rings. The second-order valence-corrected chi connectivity index (χ2v) is 7.53. The van der Waals surface area contributed by atoms with E-state index < -0.39 is 7.51 Å². The highest BCUT2D eigenvalue weighted by molar-refractivity contribution is 7.58. The van der Waals surface area contributed by atoms with Gasteiger partial charge in [0.25, 0.3) is 0 Å². The van der Waals surface area contributed by atoms with Crippen molar-refractivity contribution in [2.75, 3.05) is 55.2 Å². The molecule has 0 rings (SSSR count). The van der Waals surface area contributed by atoms with Gasteiger partial charge in [0.05, 0.1) is 6.61 Å². The smallest absolute Gasteiger partial charge is 0.199 e. The highest BCUT2D eigenvalue weighted by Crippen LogP contribution is 2.55. The Bertz CT molecular complexity index is 247. The second-order valence-electron chi connectivity index (χ2n) is 4.01. The molecule has 17 heavy (non-hydrogen) atoms. The molecule has 7 heteroatoms. The molecule has 104 valence electrons. The highest BCUT2D eigenvalue weighted by atomic mass is 31.2. The van der Waals surface area contributed by atoms with Crippen molar-refractivity contribution >= 4 is 7.51 Å². The molecule has 0 atom stereocenters. The lowest BCUT2D eigenvalue weighted by atomic mass is 10.9. The van der Waals surface area contributed by atoms with Crippen molar-refractivity contribution in [3.05, 3.63) is 0 Å². The Labute approximate surface area is 106 Å². The molecule has 0 bridgehead atoms. The second kappa shape index (κ2) is 8.19. The number of hydrogen-bond acceptors (Lipinski definition) is 3. The molecular formula is C10H27N4O2P. The summed E-state index contributed by atoms with van der Waals surface area (Å²) in [5, 5.41) is 0. The Morgan fingerprint density at radius 3 is 1.82 bits per heavy atom. The van der Waals surface area contributed by atoms with Crippen molar-refractivity contribution in [1.29, 1.82) is 0 Å². The minimum Gasteiger partial charge on any atom is -0.366 e. The number of rotatable bonds is 8. The van der Waals surface area contributed by atoms with Crippen LogP contribution in [0, 0.1) is 0 Å². The normalized spacial score (nSPS) is 12.8. The Balaban J connectivity index is 5.17. The van der Waals surface area contributed by atoms with Crippen molar-refractivity contribution in [3.8, 4) is 0 Å². The van der Waals surface area contributed by atoms with Gasteiger partial charge >= 0.3 is 0 Å². The molecule has 0 saturated carbocycles. The summed E-state index contributed by atoms with van der Waals surface area (Å²) in [6.07, 6.45) is 0. The third-order valence-electron chi connectivity index (χ3n) is 2.31. The van der Waals surface area contributed by atoms with Crippen molar-refractivity contribution < 1.29 is 9.57 Å². The van der Waals surface area contributed by atoms with Gasteiger partial charge in [-0.05, 0) is 49.1 Å². The molecule has 0 aromatic carbocycles. The van der Waals surface area contributed by atoms with E-state index in [1.165, 1.54) is 0 Å². The van der Waals surface area contributed by atoms with Crippen molar-refractivity contribution in [2.24, 2.45) is 4.91 Å². The van der Waals surface area contributed by atoms with E-state index in [1.807, 2.05) is 49.1 Å². The summed E-state index contributed by atoms with van der Waals surface area (Å²) in [5.74, 6) is 0. The standard InChI is InChI=1S/C10H27N4O2P/c1-8-15-10-14(7)17(12(3)4,13(5)6)11-16-9-2/h8-10H2,1-7H3. The van der Waals surface area contributed by atoms with Gasteiger partial charge in [-0.1, -0.05) is 0 Å². The maximum absolute atomic E-state index is 5.47. The van der Waals surface area contributed by atoms with Gasteiger partial charge in [-0.2, -0.15) is 0 Å². The van der Waals surface area contributed by atoms with Crippen LogP contribution in [-0.4, -0.2) is 69.2 Å². The highest BCUT2D eigenvalue weighted by Gasteiger charge is 2.31. The third kappa shape index (κ3) is 4.32. The molecule has 0 fully saturated rings. The van der Waals surface area contributed by atoms with Gasteiger partial charge in [-0.15, -0.1) is 4.91 Å². The molecule has 6 nitrogen and oxygen atoms in total. The lowest BCUT2D eigenvalue weighted by Crippen LogP contribution is -2.34. The van der Waals surface area contributed by atoms with Crippen molar-refractivity contribution in [2.45, 2.75) is 13.8 Å². The van der Waals surface area contributed by atoms with E-state index in [0.717, 1.165) is 0 Å². The molecule has 0 aliphatic carbocycles. The average Bonchev–Trinajstić information content (AvgIpc) is 2.26. The van der Waals surface area contributed by atoms with E-state index in [9.17, 15) is 0 Å². The van der Waals surface area contributed by atoms with Gasteiger partial charge in [0.1, 0.15) is 6.73 Å². The van der Waals surface area contributed by atoms with Crippen molar-refractivity contribution in [3.63, 3.8) is 0 Å². The monoisotopic (exact) mass is 266 g/mol. The Kier molecular flexibility index (Phi) is 8.20. The van der Waals surface area contributed by atoms with Gasteiger partial charge in [0.15, 0.2) is 7.51 Å². The molecule has 0 N–H and O–H groups in total. The minimum atomic E-state index is -2.00. The Hall–Kier alpha value is 0.0300. The molecule has 0 saturated heterocycles. The van der Waals surface area contributed by atoms with Crippen molar-refractivity contribution in [1.82, 2.24) is 14.0 Å². The zero-order valence-corrected chi connectivity index (χ0v) is 13.1. The molecule has 0 heterocycles. The topological polar surface area (TPSA) is 40.5 Å². The molecule has 0 unspecified atom stereocenters. The molecular weight excluding hydrogens is 239 g/mol. The van der Waals surface area contributed by atoms with Crippen LogP contribution in [0.3, 0.4) is 0 Å². The summed E-state index contributed by atoms with van der Waals surface area (Å²) >= 11 is 0. The Morgan fingerprint density at radius 1 is 0.941 bits per heavy atom. The van der Waals surface area contributed by atoms with E-state index in [4.69, 9.17) is 9.57 Å². The molecule has 0 aromatic heterocycles. The van der Waals surface area contributed by atoms with Crippen LogP contribution in [0.4, 0.5) is 0 Å². The van der Waals surface area contributed by atoms with Gasteiger partial charge in [-0.3, -0.25) is 14.2 Å². The first kappa shape index (κ1) is 17.0. The van der Waals surface area contributed by atoms with E-state index in [-0.39, 0.29) is 0 Å². The SMILES string of the molecule is CCOCN(C)P(=NOCC)(N(C)C)N(C)C. The molecule has 0 aliphatic heterocycles. The van der Waals surface area contributed by atoms with Gasteiger partial charge in [-0.25, -0.2) is 4.67 Å². The number of nitrogens with zero attached hydrogens (tertiary/aromatic N) is 4. The largest absolute Gasteiger partial charge is 0.366 e. The van der Waals surface area contributed by atoms with Crippen LogP contribution in [0.2, 0.25) is 0 Å². The summed E-state index contributed by atoms with van der Waals surface area (Å²) in [7, 11) is 8.06. The predicted molar refractivity (Wildman–Crippen MR) is 72.6 cm³/mol. The van der Waals surface area contributed by atoms with Gasteiger partial charge in [0.2, 0.25) is 0 Å². The van der Waals surface area contributed by atoms with Crippen LogP contribution in [0.25, 0.3) is 0 Å². The van der Waals surface area contributed by atoms with E-state index in [1.54, 1.807) is 0 Å². The maximum atomic E-state index is 5.47. The number of hydrogen-bond donors (Lipinski definition) is 0. The van der Waals surface area contributed by atoms with Crippen LogP contribution in [0.5, 0.6) is 0 Å². The first-order chi connectivity index (χ1) is 7.93. The third-order valence-corrected chi connectivity index (χ3v) is 5.82. The Morgan fingerprint density at radius 2 is 1.47 bits per heavy atom. The summed E-state index contributed by atoms with van der Waals surface area (Å²) in [6.45, 7) is 5.73. The van der Waals surface area contributed by atoms with E-state index in [2.05, 4.69) is 18.9 Å².